The SMILES string of the molecule is CC1(Br)CCCCCC(C)(C(C)(C)C)CC1. The Hall–Kier alpha value is 0.480. The molecule has 0 spiro atoms. The molecule has 1 aliphatic carbocycles. The number of halogens is 1. The first-order valence-corrected chi connectivity index (χ1v) is 7.65. The van der Waals surface area contributed by atoms with Crippen molar-refractivity contribution in [1.29, 1.82) is 0 Å². The zero-order valence-corrected chi connectivity index (χ0v) is 13.4. The molecule has 1 fully saturated rings. The van der Waals surface area contributed by atoms with Crippen molar-refractivity contribution in [3.05, 3.63) is 0 Å². The van der Waals surface area contributed by atoms with Crippen molar-refractivity contribution >= 4 is 15.9 Å². The van der Waals surface area contributed by atoms with E-state index in [0.29, 0.717) is 15.2 Å². The Morgan fingerprint density at radius 1 is 0.812 bits per heavy atom. The maximum atomic E-state index is 3.93. The lowest BCUT2D eigenvalue weighted by atomic mass is 9.62. The van der Waals surface area contributed by atoms with Gasteiger partial charge in [-0.15, -0.1) is 0 Å². The molecular weight excluding hydrogens is 260 g/mol. The number of hydrogen-bond acceptors (Lipinski definition) is 0. The lowest BCUT2D eigenvalue weighted by Gasteiger charge is -2.43. The minimum Gasteiger partial charge on any atom is -0.0856 e. The first-order valence-electron chi connectivity index (χ1n) is 6.85. The lowest BCUT2D eigenvalue weighted by molar-refractivity contribution is 0.0785. The highest BCUT2D eigenvalue weighted by molar-refractivity contribution is 9.10. The van der Waals surface area contributed by atoms with Crippen LogP contribution in [0.2, 0.25) is 0 Å². The molecule has 2 unspecified atom stereocenters. The summed E-state index contributed by atoms with van der Waals surface area (Å²) in [6.45, 7) is 12.1. The van der Waals surface area contributed by atoms with Gasteiger partial charge in [0.15, 0.2) is 0 Å². The van der Waals surface area contributed by atoms with E-state index in [1.54, 1.807) is 0 Å². The summed E-state index contributed by atoms with van der Waals surface area (Å²) in [6.07, 6.45) is 9.64. The van der Waals surface area contributed by atoms with Gasteiger partial charge in [-0.1, -0.05) is 62.9 Å². The molecule has 0 nitrogen and oxygen atoms in total. The van der Waals surface area contributed by atoms with Crippen LogP contribution >= 0.6 is 15.9 Å². The van der Waals surface area contributed by atoms with Crippen LogP contribution in [0.15, 0.2) is 0 Å². The molecule has 0 saturated heterocycles. The Morgan fingerprint density at radius 2 is 1.38 bits per heavy atom. The summed E-state index contributed by atoms with van der Waals surface area (Å²) in [6, 6.07) is 0. The Bertz CT molecular complexity index is 224. The summed E-state index contributed by atoms with van der Waals surface area (Å²) < 4.78 is 0.379. The second-order valence-corrected chi connectivity index (χ2v) is 9.20. The second-order valence-electron chi connectivity index (χ2n) is 7.28. The number of alkyl halides is 1. The highest BCUT2D eigenvalue weighted by atomic mass is 79.9. The van der Waals surface area contributed by atoms with Crippen LogP contribution < -0.4 is 0 Å². The Kier molecular flexibility index (Phi) is 4.54. The fourth-order valence-electron chi connectivity index (χ4n) is 2.72. The van der Waals surface area contributed by atoms with E-state index in [1.807, 2.05) is 0 Å². The summed E-state index contributed by atoms with van der Waals surface area (Å²) in [4.78, 5) is 0. The molecule has 0 radical (unpaired) electrons. The largest absolute Gasteiger partial charge is 0.0856 e. The Morgan fingerprint density at radius 3 is 1.94 bits per heavy atom. The third-order valence-electron chi connectivity index (χ3n) is 4.94. The van der Waals surface area contributed by atoms with Crippen LogP contribution in [-0.4, -0.2) is 4.32 Å². The summed E-state index contributed by atoms with van der Waals surface area (Å²) in [5.74, 6) is 0. The van der Waals surface area contributed by atoms with Crippen LogP contribution in [0.4, 0.5) is 0 Å². The molecule has 1 aliphatic rings. The fourth-order valence-corrected chi connectivity index (χ4v) is 3.20. The highest BCUT2D eigenvalue weighted by Gasteiger charge is 2.38. The molecule has 2 atom stereocenters. The molecule has 0 aromatic rings. The summed E-state index contributed by atoms with van der Waals surface area (Å²) >= 11 is 3.93. The third-order valence-corrected chi connectivity index (χ3v) is 5.73. The number of hydrogen-bond donors (Lipinski definition) is 0. The minimum absolute atomic E-state index is 0.379. The molecule has 0 aromatic carbocycles. The van der Waals surface area contributed by atoms with Gasteiger partial charge in [0.2, 0.25) is 0 Å². The van der Waals surface area contributed by atoms with Crippen molar-refractivity contribution in [2.24, 2.45) is 10.8 Å². The maximum absolute atomic E-state index is 3.93. The van der Waals surface area contributed by atoms with E-state index < -0.39 is 0 Å². The summed E-state index contributed by atoms with van der Waals surface area (Å²) in [5, 5.41) is 0. The lowest BCUT2D eigenvalue weighted by Crippen LogP contribution is -2.34. The summed E-state index contributed by atoms with van der Waals surface area (Å²) in [7, 11) is 0. The Labute approximate surface area is 111 Å². The smallest absolute Gasteiger partial charge is 0.0230 e. The van der Waals surface area contributed by atoms with Crippen LogP contribution in [0.25, 0.3) is 0 Å². The monoisotopic (exact) mass is 288 g/mol. The quantitative estimate of drug-likeness (QED) is 0.484. The van der Waals surface area contributed by atoms with Crippen LogP contribution in [0.5, 0.6) is 0 Å². The predicted molar refractivity (Wildman–Crippen MR) is 77.2 cm³/mol. The van der Waals surface area contributed by atoms with Crippen molar-refractivity contribution in [2.75, 3.05) is 0 Å². The standard InChI is InChI=1S/C15H29Br/c1-13(2,3)14(4)9-7-6-8-10-15(5,16)12-11-14/h6-12H2,1-5H3. The fraction of sp³-hybridized carbons (Fsp3) is 1.00. The van der Waals surface area contributed by atoms with Crippen molar-refractivity contribution in [1.82, 2.24) is 0 Å². The molecule has 16 heavy (non-hydrogen) atoms. The van der Waals surface area contributed by atoms with Crippen LogP contribution in [0, 0.1) is 10.8 Å². The van der Waals surface area contributed by atoms with Gasteiger partial charge >= 0.3 is 0 Å². The van der Waals surface area contributed by atoms with Gasteiger partial charge in [0.25, 0.3) is 0 Å². The maximum Gasteiger partial charge on any atom is 0.0230 e. The van der Waals surface area contributed by atoms with Gasteiger partial charge in [0.1, 0.15) is 0 Å². The Balaban J connectivity index is 2.78. The molecule has 96 valence electrons. The van der Waals surface area contributed by atoms with Gasteiger partial charge in [-0.05, 0) is 43.4 Å². The summed E-state index contributed by atoms with van der Waals surface area (Å²) in [5.41, 5.74) is 0.937. The van der Waals surface area contributed by atoms with E-state index in [0.717, 1.165) is 0 Å². The molecule has 0 bridgehead atoms. The molecule has 0 aromatic heterocycles. The van der Waals surface area contributed by atoms with Gasteiger partial charge in [-0.2, -0.15) is 0 Å². The van der Waals surface area contributed by atoms with Gasteiger partial charge in [0.05, 0.1) is 0 Å². The number of rotatable bonds is 0. The van der Waals surface area contributed by atoms with Crippen molar-refractivity contribution < 1.29 is 0 Å². The zero-order chi connectivity index (χ0) is 12.4. The van der Waals surface area contributed by atoms with Crippen molar-refractivity contribution in [3.8, 4) is 0 Å². The first-order chi connectivity index (χ1) is 7.16. The van der Waals surface area contributed by atoms with Crippen LogP contribution in [-0.2, 0) is 0 Å². The molecule has 1 saturated carbocycles. The highest BCUT2D eigenvalue weighted by Crippen LogP contribution is 2.49. The van der Waals surface area contributed by atoms with E-state index in [-0.39, 0.29) is 0 Å². The molecule has 1 heteroatoms. The van der Waals surface area contributed by atoms with E-state index in [2.05, 4.69) is 50.5 Å². The van der Waals surface area contributed by atoms with Gasteiger partial charge in [-0.3, -0.25) is 0 Å². The van der Waals surface area contributed by atoms with E-state index in [1.165, 1.54) is 44.9 Å². The van der Waals surface area contributed by atoms with Gasteiger partial charge < -0.3 is 0 Å². The van der Waals surface area contributed by atoms with Crippen LogP contribution in [0.1, 0.15) is 79.6 Å². The predicted octanol–water partition coefficient (Wildman–Crippen LogP) is 5.94. The first kappa shape index (κ1) is 14.5. The molecule has 0 heterocycles. The van der Waals surface area contributed by atoms with E-state index in [4.69, 9.17) is 0 Å². The molecule has 0 amide bonds. The third kappa shape index (κ3) is 3.75. The zero-order valence-electron chi connectivity index (χ0n) is 11.8. The molecular formula is C15H29Br. The molecule has 0 aliphatic heterocycles. The topological polar surface area (TPSA) is 0 Å². The molecule has 1 rings (SSSR count). The second kappa shape index (κ2) is 5.00. The van der Waals surface area contributed by atoms with E-state index >= 15 is 0 Å². The van der Waals surface area contributed by atoms with Crippen LogP contribution in [0.3, 0.4) is 0 Å². The van der Waals surface area contributed by atoms with Crippen molar-refractivity contribution in [3.63, 3.8) is 0 Å². The average Bonchev–Trinajstić information content (AvgIpc) is 2.17. The van der Waals surface area contributed by atoms with Crippen molar-refractivity contribution in [2.45, 2.75) is 83.9 Å². The molecule has 0 N–H and O–H groups in total. The minimum atomic E-state index is 0.379. The van der Waals surface area contributed by atoms with E-state index in [9.17, 15) is 0 Å². The normalized spacial score (nSPS) is 38.6. The van der Waals surface area contributed by atoms with Gasteiger partial charge in [0, 0.05) is 4.32 Å². The van der Waals surface area contributed by atoms with Gasteiger partial charge in [-0.25, -0.2) is 0 Å². The average molecular weight is 289 g/mol.